The summed E-state index contributed by atoms with van der Waals surface area (Å²) in [7, 11) is 0. The van der Waals surface area contributed by atoms with Crippen molar-refractivity contribution in [1.82, 2.24) is 0 Å². The van der Waals surface area contributed by atoms with Crippen LogP contribution in [0.5, 0.6) is 0 Å². The number of hydrogen-bond donors (Lipinski definition) is 0. The first-order valence-corrected chi connectivity index (χ1v) is 8.01. The second-order valence-electron chi connectivity index (χ2n) is 8.28. The molecule has 2 heteroatoms. The van der Waals surface area contributed by atoms with Crippen LogP contribution in [0.4, 0.5) is 0 Å². The van der Waals surface area contributed by atoms with Crippen LogP contribution in [0.1, 0.15) is 66.2 Å². The molecule has 0 amide bonds. The Kier molecular flexibility index (Phi) is 3.00. The Morgan fingerprint density at radius 3 is 2.53 bits per heavy atom. The smallest absolute Gasteiger partial charge is 0.302 e. The fourth-order valence-electron chi connectivity index (χ4n) is 6.08. The molecule has 3 fully saturated rings. The third-order valence-corrected chi connectivity index (χ3v) is 6.22. The van der Waals surface area contributed by atoms with E-state index in [2.05, 4.69) is 20.8 Å². The van der Waals surface area contributed by atoms with Crippen molar-refractivity contribution in [3.63, 3.8) is 0 Å². The summed E-state index contributed by atoms with van der Waals surface area (Å²) in [5.74, 6) is 2.27. The Labute approximate surface area is 117 Å². The minimum absolute atomic E-state index is 0.0932. The Balaban J connectivity index is 1.87. The highest BCUT2D eigenvalue weighted by atomic mass is 16.5. The first kappa shape index (κ1) is 13.5. The van der Waals surface area contributed by atoms with Gasteiger partial charge in [0.1, 0.15) is 6.10 Å². The minimum atomic E-state index is -0.0932. The summed E-state index contributed by atoms with van der Waals surface area (Å²) in [6, 6.07) is 0. The van der Waals surface area contributed by atoms with Crippen LogP contribution in [0.2, 0.25) is 0 Å². The first-order valence-electron chi connectivity index (χ1n) is 8.01. The van der Waals surface area contributed by atoms with Crippen molar-refractivity contribution in [3.05, 3.63) is 0 Å². The average molecular weight is 264 g/mol. The molecule has 0 spiro atoms. The molecular formula is C17H28O2. The third kappa shape index (κ3) is 2.02. The van der Waals surface area contributed by atoms with Crippen LogP contribution in [0.25, 0.3) is 0 Å². The molecule has 3 saturated carbocycles. The molecule has 108 valence electrons. The van der Waals surface area contributed by atoms with Gasteiger partial charge < -0.3 is 4.74 Å². The molecule has 0 saturated heterocycles. The van der Waals surface area contributed by atoms with Gasteiger partial charge in [0.05, 0.1) is 0 Å². The second-order valence-corrected chi connectivity index (χ2v) is 8.28. The summed E-state index contributed by atoms with van der Waals surface area (Å²) in [5, 5.41) is 0. The maximum atomic E-state index is 11.4. The number of esters is 1. The van der Waals surface area contributed by atoms with E-state index in [4.69, 9.17) is 4.74 Å². The zero-order valence-electron chi connectivity index (χ0n) is 12.9. The fraction of sp³-hybridized carbons (Fsp3) is 0.941. The van der Waals surface area contributed by atoms with E-state index in [0.29, 0.717) is 16.7 Å². The largest absolute Gasteiger partial charge is 0.462 e. The SMILES string of the molecule is CC(=O)OC1CC(C)(C)CC2(C)C3CCCCC3C12. The van der Waals surface area contributed by atoms with Gasteiger partial charge in [0, 0.05) is 12.8 Å². The van der Waals surface area contributed by atoms with Gasteiger partial charge in [-0.05, 0) is 48.3 Å². The van der Waals surface area contributed by atoms with Gasteiger partial charge in [-0.25, -0.2) is 0 Å². The van der Waals surface area contributed by atoms with Crippen LogP contribution in [0.15, 0.2) is 0 Å². The maximum Gasteiger partial charge on any atom is 0.302 e. The number of fused-ring (bicyclic) bond motifs is 4. The number of rotatable bonds is 1. The Morgan fingerprint density at radius 2 is 1.84 bits per heavy atom. The molecule has 0 aromatic rings. The molecule has 0 aromatic heterocycles. The Hall–Kier alpha value is -0.530. The van der Waals surface area contributed by atoms with Crippen molar-refractivity contribution in [2.45, 2.75) is 72.3 Å². The number of carbonyl (C=O) groups is 1. The summed E-state index contributed by atoms with van der Waals surface area (Å²) in [5.41, 5.74) is 0.737. The minimum Gasteiger partial charge on any atom is -0.462 e. The molecule has 2 nitrogen and oxygen atoms in total. The van der Waals surface area contributed by atoms with E-state index in [1.165, 1.54) is 32.1 Å². The number of carbonyl (C=O) groups excluding carboxylic acids is 1. The molecule has 5 atom stereocenters. The third-order valence-electron chi connectivity index (χ3n) is 6.22. The van der Waals surface area contributed by atoms with Gasteiger partial charge in [-0.1, -0.05) is 33.6 Å². The topological polar surface area (TPSA) is 26.3 Å². The lowest BCUT2D eigenvalue weighted by Gasteiger charge is -2.68. The predicted molar refractivity (Wildman–Crippen MR) is 75.6 cm³/mol. The molecule has 3 aliphatic carbocycles. The normalized spacial score (nSPS) is 47.6. The lowest BCUT2D eigenvalue weighted by Crippen LogP contribution is -2.65. The van der Waals surface area contributed by atoms with E-state index in [1.807, 2.05) is 0 Å². The molecular weight excluding hydrogens is 236 g/mol. The molecule has 0 N–H and O–H groups in total. The standard InChI is InChI=1S/C17H28O2/c1-11(18)19-14-9-16(2,3)10-17(4)13-8-6-5-7-12(13)15(14)17/h12-15H,5-10H2,1-4H3. The van der Waals surface area contributed by atoms with E-state index >= 15 is 0 Å². The van der Waals surface area contributed by atoms with E-state index in [0.717, 1.165) is 18.3 Å². The van der Waals surface area contributed by atoms with Crippen molar-refractivity contribution >= 4 is 5.97 Å². The number of hydrogen-bond acceptors (Lipinski definition) is 2. The van der Waals surface area contributed by atoms with E-state index in [1.54, 1.807) is 6.92 Å². The molecule has 3 aliphatic rings. The van der Waals surface area contributed by atoms with Crippen molar-refractivity contribution in [2.75, 3.05) is 0 Å². The summed E-state index contributed by atoms with van der Waals surface area (Å²) in [6.45, 7) is 8.74. The summed E-state index contributed by atoms with van der Waals surface area (Å²) < 4.78 is 5.74. The molecule has 0 aromatic carbocycles. The zero-order valence-corrected chi connectivity index (χ0v) is 12.9. The van der Waals surface area contributed by atoms with E-state index < -0.39 is 0 Å². The van der Waals surface area contributed by atoms with Crippen LogP contribution in [-0.2, 0) is 9.53 Å². The van der Waals surface area contributed by atoms with Crippen LogP contribution >= 0.6 is 0 Å². The van der Waals surface area contributed by atoms with Crippen molar-refractivity contribution < 1.29 is 9.53 Å². The predicted octanol–water partition coefficient (Wildman–Crippen LogP) is 4.18. The van der Waals surface area contributed by atoms with Gasteiger partial charge in [0.25, 0.3) is 0 Å². The summed E-state index contributed by atoms with van der Waals surface area (Å²) in [6.07, 6.45) is 8.08. The first-order chi connectivity index (χ1) is 8.83. The van der Waals surface area contributed by atoms with Crippen molar-refractivity contribution in [2.24, 2.45) is 28.6 Å². The molecule has 3 rings (SSSR count). The number of ether oxygens (including phenoxy) is 1. The molecule has 0 heterocycles. The lowest BCUT2D eigenvalue weighted by molar-refractivity contribution is -0.236. The molecule has 0 aliphatic heterocycles. The molecule has 5 unspecified atom stereocenters. The van der Waals surface area contributed by atoms with Gasteiger partial charge in [0.2, 0.25) is 0 Å². The lowest BCUT2D eigenvalue weighted by atomic mass is 9.37. The quantitative estimate of drug-likeness (QED) is 0.664. The average Bonchev–Trinajstić information content (AvgIpc) is 2.25. The molecule has 0 radical (unpaired) electrons. The van der Waals surface area contributed by atoms with Crippen molar-refractivity contribution in [3.8, 4) is 0 Å². The Bertz CT molecular complexity index is 387. The van der Waals surface area contributed by atoms with E-state index in [-0.39, 0.29) is 12.1 Å². The van der Waals surface area contributed by atoms with Gasteiger partial charge in [-0.15, -0.1) is 0 Å². The van der Waals surface area contributed by atoms with E-state index in [9.17, 15) is 4.79 Å². The zero-order chi connectivity index (χ0) is 13.8. The van der Waals surface area contributed by atoms with Crippen LogP contribution in [0.3, 0.4) is 0 Å². The second kappa shape index (κ2) is 4.23. The van der Waals surface area contributed by atoms with Crippen LogP contribution < -0.4 is 0 Å². The highest BCUT2D eigenvalue weighted by Gasteiger charge is 2.65. The van der Waals surface area contributed by atoms with Crippen LogP contribution in [-0.4, -0.2) is 12.1 Å². The summed E-state index contributed by atoms with van der Waals surface area (Å²) in [4.78, 5) is 11.4. The monoisotopic (exact) mass is 264 g/mol. The maximum absolute atomic E-state index is 11.4. The molecule has 19 heavy (non-hydrogen) atoms. The van der Waals surface area contributed by atoms with Crippen molar-refractivity contribution in [1.29, 1.82) is 0 Å². The van der Waals surface area contributed by atoms with Gasteiger partial charge in [-0.2, -0.15) is 0 Å². The molecule has 0 bridgehead atoms. The van der Waals surface area contributed by atoms with Gasteiger partial charge >= 0.3 is 5.97 Å². The van der Waals surface area contributed by atoms with Gasteiger partial charge in [0.15, 0.2) is 0 Å². The fourth-order valence-corrected chi connectivity index (χ4v) is 6.08. The highest BCUT2D eigenvalue weighted by Crippen LogP contribution is 2.69. The Morgan fingerprint density at radius 1 is 1.16 bits per heavy atom. The van der Waals surface area contributed by atoms with Gasteiger partial charge in [-0.3, -0.25) is 4.79 Å². The highest BCUT2D eigenvalue weighted by molar-refractivity contribution is 5.66. The summed E-state index contributed by atoms with van der Waals surface area (Å²) >= 11 is 0. The van der Waals surface area contributed by atoms with Crippen LogP contribution in [0, 0.1) is 28.6 Å².